The van der Waals surface area contributed by atoms with Crippen LogP contribution in [0.3, 0.4) is 0 Å². The van der Waals surface area contributed by atoms with E-state index in [0.717, 1.165) is 54.6 Å². The summed E-state index contributed by atoms with van der Waals surface area (Å²) in [6.45, 7) is 5.81. The molecule has 0 atom stereocenters. The van der Waals surface area contributed by atoms with E-state index in [4.69, 9.17) is 0 Å². The van der Waals surface area contributed by atoms with Crippen LogP contribution in [-0.4, -0.2) is 44.4 Å². The molecule has 0 aliphatic carbocycles. The molecule has 1 aliphatic heterocycles. The number of aryl methyl sites for hydroxylation is 2. The molecule has 0 spiro atoms. The van der Waals surface area contributed by atoms with E-state index in [9.17, 15) is 4.79 Å². The maximum absolute atomic E-state index is 13.1. The SMILES string of the molecule is Cc1ccc(-n2c(SCC(=O)N3CCC(Cc4ccccc4)CC3)nnc2-c2cccc(C)c2)cc1. The summed E-state index contributed by atoms with van der Waals surface area (Å²) < 4.78 is 2.07. The number of likely N-dealkylation sites (tertiary alicyclic amines) is 1. The van der Waals surface area contributed by atoms with Gasteiger partial charge in [0, 0.05) is 24.3 Å². The predicted molar refractivity (Wildman–Crippen MR) is 146 cm³/mol. The van der Waals surface area contributed by atoms with E-state index in [0.29, 0.717) is 11.7 Å². The summed E-state index contributed by atoms with van der Waals surface area (Å²) in [4.78, 5) is 15.1. The predicted octanol–water partition coefficient (Wildman–Crippen LogP) is 6.12. The molecule has 5 nitrogen and oxygen atoms in total. The fourth-order valence-electron chi connectivity index (χ4n) is 4.81. The Balaban J connectivity index is 1.27. The van der Waals surface area contributed by atoms with Gasteiger partial charge in [-0.15, -0.1) is 10.2 Å². The van der Waals surface area contributed by atoms with E-state index >= 15 is 0 Å². The number of carbonyl (C=O) groups excluding carboxylic acids is 1. The van der Waals surface area contributed by atoms with Crippen LogP contribution in [-0.2, 0) is 11.2 Å². The van der Waals surface area contributed by atoms with Crippen LogP contribution in [0.5, 0.6) is 0 Å². The van der Waals surface area contributed by atoms with Crippen molar-refractivity contribution in [2.24, 2.45) is 5.92 Å². The first-order chi connectivity index (χ1) is 17.6. The molecule has 1 fully saturated rings. The molecular weight excluding hydrogens is 464 g/mol. The van der Waals surface area contributed by atoms with Crippen molar-refractivity contribution in [2.45, 2.75) is 38.3 Å². The van der Waals surface area contributed by atoms with Crippen LogP contribution in [0.25, 0.3) is 17.1 Å². The lowest BCUT2D eigenvalue weighted by Gasteiger charge is -2.32. The van der Waals surface area contributed by atoms with Crippen LogP contribution >= 0.6 is 11.8 Å². The number of nitrogens with zero attached hydrogens (tertiary/aromatic N) is 4. The zero-order valence-electron chi connectivity index (χ0n) is 20.9. The molecule has 3 aromatic carbocycles. The Kier molecular flexibility index (Phi) is 7.52. The molecule has 2 heterocycles. The lowest BCUT2D eigenvalue weighted by atomic mass is 9.90. The maximum Gasteiger partial charge on any atom is 0.233 e. The summed E-state index contributed by atoms with van der Waals surface area (Å²) in [6.07, 6.45) is 3.21. The van der Waals surface area contributed by atoms with Gasteiger partial charge >= 0.3 is 0 Å². The van der Waals surface area contributed by atoms with E-state index in [2.05, 4.69) is 101 Å². The number of hydrogen-bond donors (Lipinski definition) is 0. The van der Waals surface area contributed by atoms with E-state index in [-0.39, 0.29) is 5.91 Å². The van der Waals surface area contributed by atoms with Crippen LogP contribution < -0.4 is 0 Å². The molecule has 5 rings (SSSR count). The highest BCUT2D eigenvalue weighted by molar-refractivity contribution is 7.99. The molecular formula is C30H32N4OS. The monoisotopic (exact) mass is 496 g/mol. The molecule has 0 N–H and O–H groups in total. The molecule has 184 valence electrons. The number of benzene rings is 3. The average Bonchev–Trinajstić information content (AvgIpc) is 3.33. The minimum Gasteiger partial charge on any atom is -0.342 e. The van der Waals surface area contributed by atoms with Gasteiger partial charge in [0.2, 0.25) is 5.91 Å². The first-order valence-corrected chi connectivity index (χ1v) is 13.6. The Bertz CT molecular complexity index is 1310. The molecule has 0 radical (unpaired) electrons. The fraction of sp³-hybridized carbons (Fsp3) is 0.300. The van der Waals surface area contributed by atoms with Gasteiger partial charge in [-0.05, 0) is 62.8 Å². The summed E-state index contributed by atoms with van der Waals surface area (Å²) in [5.41, 5.74) is 5.77. The van der Waals surface area contributed by atoms with Crippen LogP contribution in [0.1, 0.15) is 29.5 Å². The lowest BCUT2D eigenvalue weighted by Crippen LogP contribution is -2.39. The van der Waals surface area contributed by atoms with Gasteiger partial charge in [0.25, 0.3) is 0 Å². The highest BCUT2D eigenvalue weighted by Gasteiger charge is 2.24. The standard InChI is InChI=1S/C30H32N4OS/c1-22-11-13-27(14-12-22)34-29(26-10-6-7-23(2)19-26)31-32-30(34)36-21-28(35)33-17-15-25(16-18-33)20-24-8-4-3-5-9-24/h3-14,19,25H,15-18,20-21H2,1-2H3. The number of aromatic nitrogens is 3. The highest BCUT2D eigenvalue weighted by Crippen LogP contribution is 2.29. The molecule has 1 aromatic heterocycles. The molecule has 6 heteroatoms. The second-order valence-electron chi connectivity index (χ2n) is 9.65. The van der Waals surface area contributed by atoms with Crippen molar-refractivity contribution in [1.82, 2.24) is 19.7 Å². The number of rotatable bonds is 7. The minimum absolute atomic E-state index is 0.175. The quantitative estimate of drug-likeness (QED) is 0.289. The first-order valence-electron chi connectivity index (χ1n) is 12.6. The number of piperidine rings is 1. The zero-order chi connectivity index (χ0) is 24.9. The van der Waals surface area contributed by atoms with E-state index in [1.165, 1.54) is 28.5 Å². The maximum atomic E-state index is 13.1. The van der Waals surface area contributed by atoms with Crippen molar-refractivity contribution in [1.29, 1.82) is 0 Å². The smallest absolute Gasteiger partial charge is 0.233 e. The van der Waals surface area contributed by atoms with Crippen molar-refractivity contribution >= 4 is 17.7 Å². The van der Waals surface area contributed by atoms with E-state index < -0.39 is 0 Å². The Morgan fingerprint density at radius 3 is 2.36 bits per heavy atom. The summed E-state index contributed by atoms with van der Waals surface area (Å²) in [5.74, 6) is 1.97. The third-order valence-electron chi connectivity index (χ3n) is 6.86. The number of carbonyl (C=O) groups is 1. The largest absolute Gasteiger partial charge is 0.342 e. The van der Waals surface area contributed by atoms with Gasteiger partial charge in [0.15, 0.2) is 11.0 Å². The van der Waals surface area contributed by atoms with Gasteiger partial charge in [0.05, 0.1) is 5.75 Å². The van der Waals surface area contributed by atoms with Crippen molar-refractivity contribution in [3.63, 3.8) is 0 Å². The summed E-state index contributed by atoms with van der Waals surface area (Å²) in [5, 5.41) is 9.77. The van der Waals surface area contributed by atoms with Crippen LogP contribution in [0.2, 0.25) is 0 Å². The fourth-order valence-corrected chi connectivity index (χ4v) is 5.67. The molecule has 0 saturated carbocycles. The highest BCUT2D eigenvalue weighted by atomic mass is 32.2. The second kappa shape index (κ2) is 11.1. The Hall–Kier alpha value is -3.38. The third-order valence-corrected chi connectivity index (χ3v) is 7.77. The normalized spacial score (nSPS) is 14.2. The Morgan fingerprint density at radius 2 is 1.64 bits per heavy atom. The van der Waals surface area contributed by atoms with Gasteiger partial charge in [0.1, 0.15) is 0 Å². The van der Waals surface area contributed by atoms with Crippen LogP contribution in [0.4, 0.5) is 0 Å². The first kappa shape index (κ1) is 24.3. The van der Waals surface area contributed by atoms with Gasteiger partial charge in [-0.3, -0.25) is 9.36 Å². The molecule has 1 amide bonds. The van der Waals surface area contributed by atoms with Crippen molar-refractivity contribution in [3.05, 3.63) is 95.6 Å². The van der Waals surface area contributed by atoms with Gasteiger partial charge < -0.3 is 4.90 Å². The average molecular weight is 497 g/mol. The summed E-state index contributed by atoms with van der Waals surface area (Å²) in [6, 6.07) is 27.3. The lowest BCUT2D eigenvalue weighted by molar-refractivity contribution is -0.129. The summed E-state index contributed by atoms with van der Waals surface area (Å²) >= 11 is 1.47. The second-order valence-corrected chi connectivity index (χ2v) is 10.6. The zero-order valence-corrected chi connectivity index (χ0v) is 21.7. The molecule has 1 aliphatic rings. The van der Waals surface area contributed by atoms with Crippen molar-refractivity contribution < 1.29 is 4.79 Å². The number of thioether (sulfide) groups is 1. The van der Waals surface area contributed by atoms with Crippen molar-refractivity contribution in [3.8, 4) is 17.1 Å². The Labute approximate surface area is 217 Å². The summed E-state index contributed by atoms with van der Waals surface area (Å²) in [7, 11) is 0. The molecule has 0 unspecified atom stereocenters. The molecule has 4 aromatic rings. The molecule has 0 bridgehead atoms. The molecule has 1 saturated heterocycles. The Morgan fingerprint density at radius 1 is 0.889 bits per heavy atom. The van der Waals surface area contributed by atoms with Gasteiger partial charge in [-0.1, -0.05) is 83.6 Å². The van der Waals surface area contributed by atoms with E-state index in [1.54, 1.807) is 0 Å². The topological polar surface area (TPSA) is 51.0 Å². The van der Waals surface area contributed by atoms with Crippen molar-refractivity contribution in [2.75, 3.05) is 18.8 Å². The third kappa shape index (κ3) is 5.71. The number of amides is 1. The molecule has 36 heavy (non-hydrogen) atoms. The number of hydrogen-bond acceptors (Lipinski definition) is 4. The van der Waals surface area contributed by atoms with Crippen LogP contribution in [0.15, 0.2) is 84.0 Å². The van der Waals surface area contributed by atoms with Gasteiger partial charge in [-0.25, -0.2) is 0 Å². The minimum atomic E-state index is 0.175. The van der Waals surface area contributed by atoms with Gasteiger partial charge in [-0.2, -0.15) is 0 Å². The van der Waals surface area contributed by atoms with E-state index in [1.807, 2.05) is 11.0 Å². The van der Waals surface area contributed by atoms with Crippen LogP contribution in [0, 0.1) is 19.8 Å².